The van der Waals surface area contributed by atoms with E-state index in [1.807, 2.05) is 0 Å². The van der Waals surface area contributed by atoms with E-state index in [1.165, 1.54) is 12.1 Å². The Balaban J connectivity index is 1.66. The quantitative estimate of drug-likeness (QED) is 0.887. The van der Waals surface area contributed by atoms with Gasteiger partial charge in [0.15, 0.2) is 17.4 Å². The summed E-state index contributed by atoms with van der Waals surface area (Å²) in [5.41, 5.74) is 1.35. The largest absolute Gasteiger partial charge is 0.483 e. The van der Waals surface area contributed by atoms with Gasteiger partial charge in [0.2, 0.25) is 0 Å². The standard InChI is InChI=1S/C16H16F2N2O/c17-14-6-12(9-20-13-3-4-13)7-15(18)16(14)21-10-11-2-1-5-19-8-11/h1-2,5-8,13,20H,3-4,9-10H2. The van der Waals surface area contributed by atoms with Gasteiger partial charge in [0, 0.05) is 30.5 Å². The molecule has 1 heterocycles. The van der Waals surface area contributed by atoms with Gasteiger partial charge in [-0.1, -0.05) is 6.07 Å². The summed E-state index contributed by atoms with van der Waals surface area (Å²) >= 11 is 0. The van der Waals surface area contributed by atoms with Gasteiger partial charge in [-0.3, -0.25) is 4.98 Å². The molecule has 1 aromatic carbocycles. The molecule has 110 valence electrons. The molecule has 3 rings (SSSR count). The van der Waals surface area contributed by atoms with E-state index >= 15 is 0 Å². The minimum atomic E-state index is -0.675. The van der Waals surface area contributed by atoms with Crippen LogP contribution in [-0.4, -0.2) is 11.0 Å². The first-order chi connectivity index (χ1) is 10.2. The van der Waals surface area contributed by atoms with Gasteiger partial charge in [-0.2, -0.15) is 0 Å². The highest BCUT2D eigenvalue weighted by Gasteiger charge is 2.20. The minimum absolute atomic E-state index is 0.0847. The first-order valence-corrected chi connectivity index (χ1v) is 6.95. The number of nitrogens with one attached hydrogen (secondary N) is 1. The lowest BCUT2D eigenvalue weighted by atomic mass is 10.2. The van der Waals surface area contributed by atoms with E-state index < -0.39 is 11.6 Å². The summed E-state index contributed by atoms with van der Waals surface area (Å²) < 4.78 is 33.1. The van der Waals surface area contributed by atoms with Crippen molar-refractivity contribution in [2.24, 2.45) is 0 Å². The number of aromatic nitrogens is 1. The molecule has 0 aliphatic heterocycles. The third kappa shape index (κ3) is 3.76. The Hall–Kier alpha value is -2.01. The lowest BCUT2D eigenvalue weighted by Crippen LogP contribution is -2.15. The molecule has 0 atom stereocenters. The maximum absolute atomic E-state index is 13.9. The van der Waals surface area contributed by atoms with Crippen LogP contribution >= 0.6 is 0 Å². The third-order valence-electron chi connectivity index (χ3n) is 3.34. The molecule has 1 aliphatic carbocycles. The van der Waals surface area contributed by atoms with Gasteiger partial charge in [-0.05, 0) is 36.6 Å². The van der Waals surface area contributed by atoms with Crippen LogP contribution in [0.4, 0.5) is 8.78 Å². The van der Waals surface area contributed by atoms with Gasteiger partial charge in [-0.15, -0.1) is 0 Å². The molecule has 0 saturated heterocycles. The maximum Gasteiger partial charge on any atom is 0.191 e. The zero-order valence-corrected chi connectivity index (χ0v) is 11.5. The first kappa shape index (κ1) is 13.9. The highest BCUT2D eigenvalue weighted by molar-refractivity contribution is 5.31. The van der Waals surface area contributed by atoms with Crippen LogP contribution in [0.1, 0.15) is 24.0 Å². The average molecular weight is 290 g/mol. The summed E-state index contributed by atoms with van der Waals surface area (Å²) in [5.74, 6) is -1.69. The zero-order chi connectivity index (χ0) is 14.7. The smallest absolute Gasteiger partial charge is 0.191 e. The fraction of sp³-hybridized carbons (Fsp3) is 0.312. The summed E-state index contributed by atoms with van der Waals surface area (Å²) in [6.07, 6.45) is 5.50. The Bertz CT molecular complexity index is 592. The summed E-state index contributed by atoms with van der Waals surface area (Å²) in [6, 6.07) is 6.67. The predicted molar refractivity (Wildman–Crippen MR) is 74.8 cm³/mol. The second-order valence-electron chi connectivity index (χ2n) is 5.19. The van der Waals surface area contributed by atoms with Crippen LogP contribution in [0.5, 0.6) is 5.75 Å². The highest BCUT2D eigenvalue weighted by Crippen LogP contribution is 2.25. The van der Waals surface area contributed by atoms with Gasteiger partial charge >= 0.3 is 0 Å². The maximum atomic E-state index is 13.9. The van der Waals surface area contributed by atoms with Crippen LogP contribution in [0.3, 0.4) is 0 Å². The predicted octanol–water partition coefficient (Wildman–Crippen LogP) is 3.19. The number of rotatable bonds is 6. The molecule has 3 nitrogen and oxygen atoms in total. The van der Waals surface area contributed by atoms with Gasteiger partial charge in [0.25, 0.3) is 0 Å². The molecular weight excluding hydrogens is 274 g/mol. The van der Waals surface area contributed by atoms with E-state index in [-0.39, 0.29) is 12.4 Å². The van der Waals surface area contributed by atoms with E-state index in [1.54, 1.807) is 24.5 Å². The van der Waals surface area contributed by atoms with E-state index in [0.717, 1.165) is 18.4 Å². The Kier molecular flexibility index (Phi) is 4.10. The van der Waals surface area contributed by atoms with Gasteiger partial charge in [0.05, 0.1) is 0 Å². The molecule has 2 aromatic rings. The fourth-order valence-electron chi connectivity index (χ4n) is 2.04. The van der Waals surface area contributed by atoms with Crippen LogP contribution in [0.2, 0.25) is 0 Å². The Morgan fingerprint density at radius 1 is 1.19 bits per heavy atom. The number of hydrogen-bond acceptors (Lipinski definition) is 3. The molecule has 1 saturated carbocycles. The normalized spacial score (nSPS) is 14.2. The number of halogens is 2. The van der Waals surface area contributed by atoms with Gasteiger partial charge in [-0.25, -0.2) is 8.78 Å². The molecule has 1 aromatic heterocycles. The van der Waals surface area contributed by atoms with Crippen molar-refractivity contribution in [2.45, 2.75) is 32.0 Å². The SMILES string of the molecule is Fc1cc(CNC2CC2)cc(F)c1OCc1cccnc1. The van der Waals surface area contributed by atoms with Crippen LogP contribution in [-0.2, 0) is 13.2 Å². The number of ether oxygens (including phenoxy) is 1. The van der Waals surface area contributed by atoms with Crippen molar-refractivity contribution in [1.29, 1.82) is 0 Å². The number of benzene rings is 1. The molecule has 0 spiro atoms. The number of nitrogens with zero attached hydrogens (tertiary/aromatic N) is 1. The van der Waals surface area contributed by atoms with E-state index in [2.05, 4.69) is 10.3 Å². The summed E-state index contributed by atoms with van der Waals surface area (Å²) in [5, 5.41) is 3.22. The molecule has 0 amide bonds. The molecule has 5 heteroatoms. The van der Waals surface area contributed by atoms with Crippen molar-refractivity contribution in [2.75, 3.05) is 0 Å². The second kappa shape index (κ2) is 6.18. The van der Waals surface area contributed by atoms with Crippen molar-refractivity contribution in [1.82, 2.24) is 10.3 Å². The van der Waals surface area contributed by atoms with Crippen LogP contribution in [0.15, 0.2) is 36.7 Å². The fourth-order valence-corrected chi connectivity index (χ4v) is 2.04. The monoisotopic (exact) mass is 290 g/mol. The third-order valence-corrected chi connectivity index (χ3v) is 3.34. The molecule has 0 unspecified atom stereocenters. The lowest BCUT2D eigenvalue weighted by Gasteiger charge is -2.10. The molecular formula is C16H16F2N2O. The average Bonchev–Trinajstić information content (AvgIpc) is 3.29. The van der Waals surface area contributed by atoms with Crippen LogP contribution in [0.25, 0.3) is 0 Å². The minimum Gasteiger partial charge on any atom is -0.483 e. The van der Waals surface area contributed by atoms with Crippen molar-refractivity contribution >= 4 is 0 Å². The highest BCUT2D eigenvalue weighted by atomic mass is 19.1. The molecule has 0 radical (unpaired) electrons. The Morgan fingerprint density at radius 2 is 1.95 bits per heavy atom. The lowest BCUT2D eigenvalue weighted by molar-refractivity contribution is 0.273. The van der Waals surface area contributed by atoms with Crippen LogP contribution < -0.4 is 10.1 Å². The van der Waals surface area contributed by atoms with Crippen LogP contribution in [0, 0.1) is 11.6 Å². The van der Waals surface area contributed by atoms with Gasteiger partial charge < -0.3 is 10.1 Å². The number of hydrogen-bond donors (Lipinski definition) is 1. The van der Waals surface area contributed by atoms with Crippen molar-refractivity contribution in [3.63, 3.8) is 0 Å². The Labute approximate surface area is 122 Å². The summed E-state index contributed by atoms with van der Waals surface area (Å²) in [7, 11) is 0. The van der Waals surface area contributed by atoms with Crippen molar-refractivity contribution in [3.05, 3.63) is 59.4 Å². The molecule has 0 bridgehead atoms. The second-order valence-corrected chi connectivity index (χ2v) is 5.19. The molecule has 21 heavy (non-hydrogen) atoms. The summed E-state index contributed by atoms with van der Waals surface area (Å²) in [6.45, 7) is 0.558. The van der Waals surface area contributed by atoms with Gasteiger partial charge in [0.1, 0.15) is 6.61 Å². The van der Waals surface area contributed by atoms with E-state index in [9.17, 15) is 8.78 Å². The Morgan fingerprint density at radius 3 is 2.57 bits per heavy atom. The first-order valence-electron chi connectivity index (χ1n) is 6.95. The molecule has 1 aliphatic rings. The van der Waals surface area contributed by atoms with Crippen molar-refractivity contribution < 1.29 is 13.5 Å². The molecule has 1 N–H and O–H groups in total. The number of pyridine rings is 1. The van der Waals surface area contributed by atoms with E-state index in [0.29, 0.717) is 18.2 Å². The zero-order valence-electron chi connectivity index (χ0n) is 11.5. The molecule has 1 fully saturated rings. The van der Waals surface area contributed by atoms with E-state index in [4.69, 9.17) is 4.74 Å². The summed E-state index contributed by atoms with van der Waals surface area (Å²) in [4.78, 5) is 3.93. The topological polar surface area (TPSA) is 34.1 Å². The van der Waals surface area contributed by atoms with Crippen molar-refractivity contribution in [3.8, 4) is 5.75 Å².